The number of carboxylic acid groups (broad SMARTS) is 2. The number of likely N-dealkylation sites (tertiary alicyclic amines) is 2. The summed E-state index contributed by atoms with van der Waals surface area (Å²) in [6.07, 6.45) is 2.92. The summed E-state index contributed by atoms with van der Waals surface area (Å²) in [5.74, 6) is -6.00. The molecule has 13 heteroatoms. The lowest BCUT2D eigenvalue weighted by molar-refractivity contribution is -0.136. The zero-order valence-electron chi connectivity index (χ0n) is 20.3. The van der Waals surface area contributed by atoms with E-state index in [1.807, 2.05) is 0 Å². The van der Waals surface area contributed by atoms with Gasteiger partial charge in [0.25, 0.3) is 0 Å². The molecule has 3 fully saturated rings. The fraction of sp³-hybridized carbons (Fsp3) is 0.480. The third-order valence-corrected chi connectivity index (χ3v) is 6.91. The van der Waals surface area contributed by atoms with Crippen LogP contribution < -0.4 is 5.73 Å². The van der Waals surface area contributed by atoms with Gasteiger partial charge in [-0.15, -0.1) is 0 Å². The molecule has 0 radical (unpaired) electrons. The van der Waals surface area contributed by atoms with Crippen LogP contribution in [-0.2, 0) is 25.6 Å². The first-order valence-corrected chi connectivity index (χ1v) is 11.9. The van der Waals surface area contributed by atoms with Crippen molar-refractivity contribution in [2.24, 2.45) is 17.1 Å². The monoisotopic (exact) mass is 536 g/mol. The number of nitrogens with zero attached hydrogens (tertiary/aromatic N) is 3. The Morgan fingerprint density at radius 2 is 1.68 bits per heavy atom. The number of benzene rings is 1. The number of fused-ring (bicyclic) bond motifs is 1. The lowest BCUT2D eigenvalue weighted by Crippen LogP contribution is -2.44. The van der Waals surface area contributed by atoms with Crippen LogP contribution in [0.5, 0.6) is 0 Å². The van der Waals surface area contributed by atoms with Gasteiger partial charge >= 0.3 is 11.9 Å². The zero-order valence-corrected chi connectivity index (χ0v) is 20.3. The molecule has 10 nitrogen and oxygen atoms in total. The largest absolute Gasteiger partial charge is 0.478 e. The summed E-state index contributed by atoms with van der Waals surface area (Å²) in [5, 5.41) is 24.9. The summed E-state index contributed by atoms with van der Waals surface area (Å²) in [4.78, 5) is 47.9. The summed E-state index contributed by atoms with van der Waals surface area (Å²) >= 11 is 0. The van der Waals surface area contributed by atoms with Crippen LogP contribution in [0.25, 0.3) is 0 Å². The highest BCUT2D eigenvalue weighted by Crippen LogP contribution is 2.47. The van der Waals surface area contributed by atoms with E-state index in [1.165, 1.54) is 0 Å². The van der Waals surface area contributed by atoms with Crippen LogP contribution in [0, 0.1) is 40.1 Å². The highest BCUT2D eigenvalue weighted by molar-refractivity contribution is 5.90. The molecule has 1 aliphatic carbocycles. The maximum atomic E-state index is 13.8. The van der Waals surface area contributed by atoms with Crippen molar-refractivity contribution in [1.82, 2.24) is 9.80 Å². The molecule has 2 heterocycles. The second-order valence-electron chi connectivity index (χ2n) is 9.64. The summed E-state index contributed by atoms with van der Waals surface area (Å²) in [5.41, 5.74) is 5.05. The Morgan fingerprint density at radius 3 is 2.24 bits per heavy atom. The molecule has 204 valence electrons. The average molecular weight is 537 g/mol. The van der Waals surface area contributed by atoms with Gasteiger partial charge in [0.2, 0.25) is 11.8 Å². The van der Waals surface area contributed by atoms with Crippen LogP contribution in [0.2, 0.25) is 0 Å². The van der Waals surface area contributed by atoms with Gasteiger partial charge in [-0.3, -0.25) is 9.59 Å². The molecule has 3 aliphatic rings. The molecule has 0 aromatic heterocycles. The molecule has 0 bridgehead atoms. The van der Waals surface area contributed by atoms with Crippen molar-refractivity contribution in [1.29, 1.82) is 5.26 Å². The van der Waals surface area contributed by atoms with Crippen LogP contribution in [0.4, 0.5) is 13.2 Å². The van der Waals surface area contributed by atoms with Crippen LogP contribution in [-0.4, -0.2) is 75.5 Å². The van der Waals surface area contributed by atoms with E-state index in [-0.39, 0.29) is 42.2 Å². The Morgan fingerprint density at radius 1 is 1.08 bits per heavy atom. The van der Waals surface area contributed by atoms with E-state index in [9.17, 15) is 37.6 Å². The average Bonchev–Trinajstić information content (AvgIpc) is 3.38. The number of nitrogens with two attached hydrogens (primary N) is 1. The first-order chi connectivity index (χ1) is 17.9. The molecule has 2 saturated heterocycles. The van der Waals surface area contributed by atoms with Crippen molar-refractivity contribution in [3.63, 3.8) is 0 Å². The predicted octanol–water partition coefficient (Wildman–Crippen LogP) is 1.44. The molecule has 38 heavy (non-hydrogen) atoms. The fourth-order valence-electron chi connectivity index (χ4n) is 4.80. The molecule has 1 aromatic rings. The molecule has 3 atom stereocenters. The fourth-order valence-corrected chi connectivity index (χ4v) is 4.80. The molecule has 4 rings (SSSR count). The van der Waals surface area contributed by atoms with Gasteiger partial charge in [0, 0.05) is 56.2 Å². The van der Waals surface area contributed by atoms with E-state index in [0.717, 1.165) is 12.5 Å². The first kappa shape index (κ1) is 28.6. The van der Waals surface area contributed by atoms with E-state index in [0.29, 0.717) is 50.7 Å². The quantitative estimate of drug-likeness (QED) is 0.348. The molecule has 1 saturated carbocycles. The summed E-state index contributed by atoms with van der Waals surface area (Å²) in [6, 6.07) is 2.51. The number of carboxylic acids is 2. The van der Waals surface area contributed by atoms with Gasteiger partial charge in [0.15, 0.2) is 11.6 Å². The van der Waals surface area contributed by atoms with E-state index in [1.54, 1.807) is 9.80 Å². The van der Waals surface area contributed by atoms with Crippen molar-refractivity contribution in [2.75, 3.05) is 19.6 Å². The van der Waals surface area contributed by atoms with Crippen molar-refractivity contribution >= 4 is 23.8 Å². The van der Waals surface area contributed by atoms with E-state index >= 15 is 0 Å². The summed E-state index contributed by atoms with van der Waals surface area (Å²) in [6.45, 7) is 1.51. The zero-order chi connectivity index (χ0) is 28.2. The molecular weight excluding hydrogens is 509 g/mol. The Balaban J connectivity index is 0.000000436. The lowest BCUT2D eigenvalue weighted by atomic mass is 10.0. The number of hydrogen-bond acceptors (Lipinski definition) is 6. The lowest BCUT2D eigenvalue weighted by Gasteiger charge is -2.27. The molecule has 2 amide bonds. The van der Waals surface area contributed by atoms with Gasteiger partial charge in [0.05, 0.1) is 12.1 Å². The number of hydrogen-bond donors (Lipinski definition) is 3. The van der Waals surface area contributed by atoms with E-state index in [2.05, 4.69) is 6.07 Å². The standard InChI is InChI=1S/C21H23F3N4O2.C4H4O4/c22-15-8-17(24)16(23)6-13(15)5-14(26)7-19(29)28-4-1-12-9-27(10-18(12)28)20(30)21(11-25)2-3-21;5-3(6)1-2-4(7)8/h6,8,12,14,18H,1-5,7,9-10,26H2;1-2H,(H,5,6)(H,7,8)/b;2-1+/t12-,14+,18+;/m0./s1. The number of aliphatic carboxylic acids is 2. The highest BCUT2D eigenvalue weighted by atomic mass is 19.2. The van der Waals surface area contributed by atoms with Gasteiger partial charge in [-0.1, -0.05) is 0 Å². The van der Waals surface area contributed by atoms with Crippen LogP contribution in [0.3, 0.4) is 0 Å². The maximum absolute atomic E-state index is 13.8. The minimum absolute atomic E-state index is 0.0578. The van der Waals surface area contributed by atoms with Crippen molar-refractivity contribution < 1.29 is 42.6 Å². The second-order valence-corrected chi connectivity index (χ2v) is 9.64. The number of halogens is 3. The molecule has 0 unspecified atom stereocenters. The topological polar surface area (TPSA) is 165 Å². The molecular formula is C25H27F3N4O6. The number of amides is 2. The highest BCUT2D eigenvalue weighted by Gasteiger charge is 2.55. The Bertz CT molecular complexity index is 1180. The van der Waals surface area contributed by atoms with E-state index in [4.69, 9.17) is 15.9 Å². The maximum Gasteiger partial charge on any atom is 0.328 e. The van der Waals surface area contributed by atoms with Crippen LogP contribution >= 0.6 is 0 Å². The van der Waals surface area contributed by atoms with Gasteiger partial charge in [-0.05, 0) is 37.3 Å². The minimum atomic E-state index is -1.27. The molecule has 2 aliphatic heterocycles. The Kier molecular flexibility index (Phi) is 8.78. The smallest absolute Gasteiger partial charge is 0.328 e. The van der Waals surface area contributed by atoms with Gasteiger partial charge in [-0.2, -0.15) is 5.26 Å². The van der Waals surface area contributed by atoms with Crippen molar-refractivity contribution in [3.05, 3.63) is 47.3 Å². The minimum Gasteiger partial charge on any atom is -0.478 e. The van der Waals surface area contributed by atoms with Gasteiger partial charge in [-0.25, -0.2) is 22.8 Å². The van der Waals surface area contributed by atoms with E-state index < -0.39 is 40.8 Å². The van der Waals surface area contributed by atoms with Crippen LogP contribution in [0.15, 0.2) is 24.3 Å². The first-order valence-electron chi connectivity index (χ1n) is 11.9. The predicted molar refractivity (Wildman–Crippen MR) is 124 cm³/mol. The number of carbonyl (C=O) groups is 4. The van der Waals surface area contributed by atoms with Gasteiger partial charge < -0.3 is 25.7 Å². The summed E-state index contributed by atoms with van der Waals surface area (Å²) < 4.78 is 40.3. The Hall–Kier alpha value is -3.92. The second kappa shape index (κ2) is 11.6. The third kappa shape index (κ3) is 6.69. The molecule has 1 aromatic carbocycles. The summed E-state index contributed by atoms with van der Waals surface area (Å²) in [7, 11) is 0. The van der Waals surface area contributed by atoms with Gasteiger partial charge in [0.1, 0.15) is 11.2 Å². The molecule has 0 spiro atoms. The number of rotatable bonds is 7. The Labute approximate surface area is 216 Å². The number of nitriles is 1. The van der Waals surface area contributed by atoms with Crippen molar-refractivity contribution in [3.8, 4) is 6.07 Å². The SMILES string of the molecule is N#CC1(C(=O)N2C[C@@H]3CCN(C(=O)C[C@H](N)Cc4cc(F)c(F)cc4F)[C@@H]3C2)CC1.O=C(O)/C=C/C(=O)O. The van der Waals surface area contributed by atoms with Crippen molar-refractivity contribution in [2.45, 2.75) is 44.2 Å². The normalized spacial score (nSPS) is 21.8. The van der Waals surface area contributed by atoms with Crippen LogP contribution in [0.1, 0.15) is 31.2 Å². The third-order valence-electron chi connectivity index (χ3n) is 6.91. The number of carbonyl (C=O) groups excluding carboxylic acids is 2. The molecule has 4 N–H and O–H groups in total.